The molecule has 2 atom stereocenters. The molecule has 2 rings (SSSR count). The van der Waals surface area contributed by atoms with E-state index in [9.17, 15) is 18.0 Å². The first-order valence-corrected chi connectivity index (χ1v) is 14.2. The summed E-state index contributed by atoms with van der Waals surface area (Å²) >= 11 is 0. The minimum Gasteiger partial charge on any atom is -0.352 e. The molecule has 0 aliphatic carbocycles. The number of nitrogens with zero attached hydrogens (tertiary/aromatic N) is 2. The Hall–Kier alpha value is -2.87. The Balaban J connectivity index is 2.41. The molecule has 0 aliphatic heterocycles. The Kier molecular flexibility index (Phi) is 9.71. The van der Waals surface area contributed by atoms with E-state index in [2.05, 4.69) is 26.1 Å². The van der Waals surface area contributed by atoms with Crippen molar-refractivity contribution in [1.82, 2.24) is 10.2 Å². The lowest BCUT2D eigenvalue weighted by Crippen LogP contribution is -2.52. The molecule has 0 bridgehead atoms. The van der Waals surface area contributed by atoms with Crippen LogP contribution in [-0.2, 0) is 31.6 Å². The predicted octanol–water partition coefficient (Wildman–Crippen LogP) is 4.39. The Morgan fingerprint density at radius 2 is 1.58 bits per heavy atom. The van der Waals surface area contributed by atoms with Crippen molar-refractivity contribution in [2.75, 3.05) is 17.1 Å². The van der Waals surface area contributed by atoms with Crippen LogP contribution in [0.1, 0.15) is 64.7 Å². The molecule has 2 aromatic carbocycles. The van der Waals surface area contributed by atoms with E-state index in [0.717, 1.165) is 33.7 Å². The number of carbonyl (C=O) groups is 2. The number of nitrogens with one attached hydrogen (secondary N) is 1. The summed E-state index contributed by atoms with van der Waals surface area (Å²) < 4.78 is 26.6. The van der Waals surface area contributed by atoms with E-state index >= 15 is 0 Å². The first-order valence-electron chi connectivity index (χ1n) is 12.4. The van der Waals surface area contributed by atoms with Crippen molar-refractivity contribution in [2.45, 2.75) is 78.9 Å². The quantitative estimate of drug-likeness (QED) is 0.508. The van der Waals surface area contributed by atoms with E-state index in [1.165, 1.54) is 4.90 Å². The standard InChI is InChI=1S/C28H41N3O4S/c1-9-21(3)29-27(33)22(4)30(18-23-13-11-10-12-20(23)2)26(32)19-31(36(8,34)35)25-16-14-24(15-17-25)28(5,6)7/h10-17,21-22H,9,18-19H2,1-8H3,(H,29,33)/t21-,22+/m0/s1. The second-order valence-electron chi connectivity index (χ2n) is 10.5. The molecule has 2 aromatic rings. The number of rotatable bonds is 10. The van der Waals surface area contributed by atoms with Gasteiger partial charge in [-0.2, -0.15) is 0 Å². The van der Waals surface area contributed by atoms with Crippen molar-refractivity contribution in [3.63, 3.8) is 0 Å². The van der Waals surface area contributed by atoms with Crippen LogP contribution in [0, 0.1) is 6.92 Å². The number of anilines is 1. The number of carbonyl (C=O) groups excluding carboxylic acids is 2. The van der Waals surface area contributed by atoms with E-state index in [1.54, 1.807) is 19.1 Å². The van der Waals surface area contributed by atoms with Crippen molar-refractivity contribution < 1.29 is 18.0 Å². The summed E-state index contributed by atoms with van der Waals surface area (Å²) in [6.07, 6.45) is 1.85. The molecule has 0 aliphatic rings. The molecule has 0 unspecified atom stereocenters. The number of benzene rings is 2. The van der Waals surface area contributed by atoms with E-state index in [1.807, 2.05) is 57.2 Å². The molecule has 8 heteroatoms. The third-order valence-electron chi connectivity index (χ3n) is 6.47. The third-order valence-corrected chi connectivity index (χ3v) is 7.61. The number of sulfonamides is 1. The number of hydrogen-bond acceptors (Lipinski definition) is 4. The fourth-order valence-electron chi connectivity index (χ4n) is 3.76. The Bertz CT molecular complexity index is 1150. The lowest BCUT2D eigenvalue weighted by Gasteiger charge is -2.32. The molecular weight excluding hydrogens is 474 g/mol. The van der Waals surface area contributed by atoms with Crippen molar-refractivity contribution in [3.8, 4) is 0 Å². The van der Waals surface area contributed by atoms with Gasteiger partial charge >= 0.3 is 0 Å². The SMILES string of the molecule is CC[C@H](C)NC(=O)[C@@H](C)N(Cc1ccccc1C)C(=O)CN(c1ccc(C(C)(C)C)cc1)S(C)(=O)=O. The van der Waals surface area contributed by atoms with Crippen molar-refractivity contribution in [1.29, 1.82) is 0 Å². The summed E-state index contributed by atoms with van der Waals surface area (Å²) in [5.41, 5.74) is 3.26. The van der Waals surface area contributed by atoms with Gasteiger partial charge in [0.1, 0.15) is 12.6 Å². The second kappa shape index (κ2) is 11.9. The number of hydrogen-bond donors (Lipinski definition) is 1. The van der Waals surface area contributed by atoms with Gasteiger partial charge in [0, 0.05) is 12.6 Å². The molecule has 7 nitrogen and oxygen atoms in total. The molecule has 0 spiro atoms. The summed E-state index contributed by atoms with van der Waals surface area (Å²) in [5, 5.41) is 2.94. The van der Waals surface area contributed by atoms with Crippen LogP contribution < -0.4 is 9.62 Å². The van der Waals surface area contributed by atoms with Gasteiger partial charge in [-0.1, -0.05) is 64.1 Å². The summed E-state index contributed by atoms with van der Waals surface area (Å²) in [5.74, 6) is -0.720. The zero-order chi connectivity index (χ0) is 27.3. The first kappa shape index (κ1) is 29.4. The van der Waals surface area contributed by atoms with Gasteiger partial charge in [0.15, 0.2) is 0 Å². The van der Waals surface area contributed by atoms with Crippen LogP contribution >= 0.6 is 0 Å². The normalized spacial score (nSPS) is 13.6. The molecular formula is C28H41N3O4S. The predicted molar refractivity (Wildman–Crippen MR) is 146 cm³/mol. The summed E-state index contributed by atoms with van der Waals surface area (Å²) in [4.78, 5) is 28.1. The van der Waals surface area contributed by atoms with Gasteiger partial charge in [-0.05, 0) is 61.4 Å². The molecule has 0 heterocycles. The minimum atomic E-state index is -3.76. The van der Waals surface area contributed by atoms with E-state index in [0.29, 0.717) is 5.69 Å². The summed E-state index contributed by atoms with van der Waals surface area (Å²) in [6, 6.07) is 14.0. The second-order valence-corrected chi connectivity index (χ2v) is 12.4. The van der Waals surface area contributed by atoms with Crippen LogP contribution in [0.2, 0.25) is 0 Å². The van der Waals surface area contributed by atoms with E-state index < -0.39 is 28.5 Å². The average Bonchev–Trinajstić information content (AvgIpc) is 2.80. The van der Waals surface area contributed by atoms with Crippen LogP contribution in [0.15, 0.2) is 48.5 Å². The van der Waals surface area contributed by atoms with Crippen LogP contribution in [0.25, 0.3) is 0 Å². The number of amides is 2. The molecule has 198 valence electrons. The molecule has 0 aromatic heterocycles. The molecule has 36 heavy (non-hydrogen) atoms. The highest BCUT2D eigenvalue weighted by atomic mass is 32.2. The fraction of sp³-hybridized carbons (Fsp3) is 0.500. The highest BCUT2D eigenvalue weighted by Crippen LogP contribution is 2.26. The first-order chi connectivity index (χ1) is 16.6. The maximum atomic E-state index is 13.7. The Morgan fingerprint density at radius 1 is 1.00 bits per heavy atom. The van der Waals surface area contributed by atoms with Gasteiger partial charge in [-0.25, -0.2) is 8.42 Å². The highest BCUT2D eigenvalue weighted by Gasteiger charge is 2.30. The molecule has 0 fully saturated rings. The minimum absolute atomic E-state index is 0.0378. The summed E-state index contributed by atoms with van der Waals surface area (Å²) in [7, 11) is -3.76. The zero-order valence-corrected chi connectivity index (χ0v) is 23.6. The maximum Gasteiger partial charge on any atom is 0.244 e. The van der Waals surface area contributed by atoms with Crippen molar-refractivity contribution in [3.05, 3.63) is 65.2 Å². The van der Waals surface area contributed by atoms with E-state index in [-0.39, 0.29) is 23.9 Å². The van der Waals surface area contributed by atoms with Gasteiger partial charge < -0.3 is 10.2 Å². The van der Waals surface area contributed by atoms with Crippen LogP contribution in [0.4, 0.5) is 5.69 Å². The molecule has 0 saturated heterocycles. The molecule has 0 radical (unpaired) electrons. The van der Waals surface area contributed by atoms with Crippen LogP contribution in [0.3, 0.4) is 0 Å². The van der Waals surface area contributed by atoms with Crippen LogP contribution in [0.5, 0.6) is 0 Å². The van der Waals surface area contributed by atoms with Gasteiger partial charge in [-0.3, -0.25) is 13.9 Å². The average molecular weight is 516 g/mol. The molecule has 0 saturated carbocycles. The molecule has 2 amide bonds. The lowest BCUT2D eigenvalue weighted by atomic mass is 9.87. The Morgan fingerprint density at radius 3 is 2.08 bits per heavy atom. The van der Waals surface area contributed by atoms with Gasteiger partial charge in [0.05, 0.1) is 11.9 Å². The van der Waals surface area contributed by atoms with Gasteiger partial charge in [0.25, 0.3) is 0 Å². The monoisotopic (exact) mass is 515 g/mol. The van der Waals surface area contributed by atoms with Gasteiger partial charge in [0.2, 0.25) is 21.8 Å². The molecule has 1 N–H and O–H groups in total. The third kappa shape index (κ3) is 7.82. The highest BCUT2D eigenvalue weighted by molar-refractivity contribution is 7.92. The van der Waals surface area contributed by atoms with Crippen LogP contribution in [-0.4, -0.2) is 50.0 Å². The van der Waals surface area contributed by atoms with Gasteiger partial charge in [-0.15, -0.1) is 0 Å². The Labute approximate surface area is 216 Å². The lowest BCUT2D eigenvalue weighted by molar-refractivity contribution is -0.139. The van der Waals surface area contributed by atoms with Crippen molar-refractivity contribution in [2.24, 2.45) is 0 Å². The van der Waals surface area contributed by atoms with E-state index in [4.69, 9.17) is 0 Å². The number of aryl methyl sites for hydroxylation is 1. The summed E-state index contributed by atoms with van der Waals surface area (Å²) in [6.45, 7) is 13.5. The smallest absolute Gasteiger partial charge is 0.244 e. The maximum absolute atomic E-state index is 13.7. The zero-order valence-electron chi connectivity index (χ0n) is 22.8. The topological polar surface area (TPSA) is 86.8 Å². The van der Waals surface area contributed by atoms with Crippen molar-refractivity contribution >= 4 is 27.5 Å². The fourth-order valence-corrected chi connectivity index (χ4v) is 4.61. The largest absolute Gasteiger partial charge is 0.352 e.